The molecule has 0 aromatic heterocycles. The smallest absolute Gasteiger partial charge is 0.269 e. The molecule has 0 bridgehead atoms. The van der Waals surface area contributed by atoms with Gasteiger partial charge in [-0.2, -0.15) is 0 Å². The van der Waals surface area contributed by atoms with Crippen LogP contribution in [-0.2, 0) is 32.6 Å². The second-order valence-corrected chi connectivity index (χ2v) is 13.5. The summed E-state index contributed by atoms with van der Waals surface area (Å²) in [5, 5.41) is 14.2. The van der Waals surface area contributed by atoms with Crippen LogP contribution < -0.4 is 9.62 Å². The quantitative estimate of drug-likeness (QED) is 0.160. The van der Waals surface area contributed by atoms with Gasteiger partial charge in [0.05, 0.1) is 15.5 Å². The number of hydrogen-bond acceptors (Lipinski definition) is 6. The number of nitrogens with zero attached hydrogens (tertiary/aromatic N) is 3. The summed E-state index contributed by atoms with van der Waals surface area (Å²) in [5.74, 6) is -1.89. The number of anilines is 1. The molecule has 0 unspecified atom stereocenters. The molecule has 46 heavy (non-hydrogen) atoms. The molecule has 0 saturated carbocycles. The van der Waals surface area contributed by atoms with E-state index in [1.807, 2.05) is 6.07 Å². The average molecular weight is 647 g/mol. The molecule has 4 rings (SSSR count). The minimum absolute atomic E-state index is 0.00704. The van der Waals surface area contributed by atoms with Gasteiger partial charge in [0.2, 0.25) is 11.8 Å². The van der Waals surface area contributed by atoms with E-state index >= 15 is 4.39 Å². The van der Waals surface area contributed by atoms with Crippen molar-refractivity contribution in [1.29, 1.82) is 0 Å². The summed E-state index contributed by atoms with van der Waals surface area (Å²) in [6.07, 6.45) is 0.0614. The normalized spacial score (nSPS) is 12.2. The number of carbonyl (C=O) groups is 2. The predicted octanol–water partition coefficient (Wildman–Crippen LogP) is 5.48. The Kier molecular flexibility index (Phi) is 10.5. The van der Waals surface area contributed by atoms with E-state index in [1.165, 1.54) is 59.5 Å². The third-order valence-corrected chi connectivity index (χ3v) is 8.81. The molecule has 240 valence electrons. The van der Waals surface area contributed by atoms with E-state index < -0.39 is 50.7 Å². The highest BCUT2D eigenvalue weighted by Gasteiger charge is 2.36. The summed E-state index contributed by atoms with van der Waals surface area (Å²) in [7, 11) is -4.39. The van der Waals surface area contributed by atoms with Gasteiger partial charge < -0.3 is 10.2 Å². The zero-order valence-electron chi connectivity index (χ0n) is 25.7. The van der Waals surface area contributed by atoms with Crippen LogP contribution in [0.15, 0.2) is 114 Å². The first-order valence-electron chi connectivity index (χ1n) is 14.5. The van der Waals surface area contributed by atoms with Crippen molar-refractivity contribution in [3.05, 3.63) is 136 Å². The molecule has 4 aromatic rings. The lowest BCUT2D eigenvalue weighted by molar-refractivity contribution is -0.384. The summed E-state index contributed by atoms with van der Waals surface area (Å²) in [4.78, 5) is 40.0. The van der Waals surface area contributed by atoms with Crippen molar-refractivity contribution in [3.63, 3.8) is 0 Å². The number of amides is 2. The Morgan fingerprint density at radius 2 is 1.43 bits per heavy atom. The number of sulfonamides is 1. The maximum absolute atomic E-state index is 15.0. The van der Waals surface area contributed by atoms with Gasteiger partial charge in [-0.1, -0.05) is 66.7 Å². The largest absolute Gasteiger partial charge is 0.350 e. The predicted molar refractivity (Wildman–Crippen MR) is 173 cm³/mol. The van der Waals surface area contributed by atoms with Gasteiger partial charge in [0.25, 0.3) is 15.7 Å². The molecule has 12 heteroatoms. The fourth-order valence-electron chi connectivity index (χ4n) is 4.81. The van der Waals surface area contributed by atoms with Crippen LogP contribution in [-0.4, -0.2) is 48.2 Å². The second kappa shape index (κ2) is 14.3. The first kappa shape index (κ1) is 33.8. The molecule has 0 aliphatic carbocycles. The topological polar surface area (TPSA) is 130 Å². The Hall–Kier alpha value is -5.10. The van der Waals surface area contributed by atoms with E-state index in [0.29, 0.717) is 0 Å². The van der Waals surface area contributed by atoms with Gasteiger partial charge in [-0.3, -0.25) is 24.0 Å². The van der Waals surface area contributed by atoms with Gasteiger partial charge in [0, 0.05) is 36.2 Å². The van der Waals surface area contributed by atoms with Crippen LogP contribution in [0, 0.1) is 15.9 Å². The Morgan fingerprint density at radius 3 is 2.00 bits per heavy atom. The van der Waals surface area contributed by atoms with Crippen molar-refractivity contribution in [2.24, 2.45) is 0 Å². The zero-order valence-corrected chi connectivity index (χ0v) is 26.5. The highest BCUT2D eigenvalue weighted by atomic mass is 32.2. The molecule has 4 aromatic carbocycles. The van der Waals surface area contributed by atoms with Gasteiger partial charge in [0.15, 0.2) is 0 Å². The van der Waals surface area contributed by atoms with Gasteiger partial charge in [-0.25, -0.2) is 12.8 Å². The molecule has 10 nitrogen and oxygen atoms in total. The van der Waals surface area contributed by atoms with E-state index in [-0.39, 0.29) is 34.8 Å². The Balaban J connectivity index is 1.83. The summed E-state index contributed by atoms with van der Waals surface area (Å²) < 4.78 is 43.8. The van der Waals surface area contributed by atoms with E-state index in [4.69, 9.17) is 0 Å². The van der Waals surface area contributed by atoms with E-state index in [1.54, 1.807) is 57.2 Å². The fourth-order valence-corrected chi connectivity index (χ4v) is 6.24. The van der Waals surface area contributed by atoms with Crippen molar-refractivity contribution < 1.29 is 27.3 Å². The number of hydrogen-bond donors (Lipinski definition) is 1. The second-order valence-electron chi connectivity index (χ2n) is 11.7. The summed E-state index contributed by atoms with van der Waals surface area (Å²) in [5.41, 5.74) is -0.0972. The summed E-state index contributed by atoms with van der Waals surface area (Å²) in [6.45, 7) is 4.25. The summed E-state index contributed by atoms with van der Waals surface area (Å²) >= 11 is 0. The number of benzene rings is 4. The molecular formula is C34H35FN4O6S. The monoisotopic (exact) mass is 646 g/mol. The minimum atomic E-state index is -4.39. The molecule has 1 N–H and O–H groups in total. The van der Waals surface area contributed by atoms with E-state index in [0.717, 1.165) is 22.0 Å². The Morgan fingerprint density at radius 1 is 0.870 bits per heavy atom. The summed E-state index contributed by atoms with van der Waals surface area (Å²) in [6, 6.07) is 25.8. The van der Waals surface area contributed by atoms with Crippen LogP contribution in [0.3, 0.4) is 0 Å². The molecule has 1 atom stereocenters. The third kappa shape index (κ3) is 8.54. The van der Waals surface area contributed by atoms with Gasteiger partial charge in [-0.15, -0.1) is 0 Å². The van der Waals surface area contributed by atoms with Crippen LogP contribution in [0.1, 0.15) is 31.9 Å². The van der Waals surface area contributed by atoms with Crippen LogP contribution in [0.2, 0.25) is 0 Å². The first-order chi connectivity index (χ1) is 21.8. The number of rotatable bonds is 12. The number of halogens is 1. The Bertz CT molecular complexity index is 1780. The number of non-ortho nitro benzene ring substituents is 1. The molecular weight excluding hydrogens is 611 g/mol. The van der Waals surface area contributed by atoms with Crippen molar-refractivity contribution in [3.8, 4) is 0 Å². The van der Waals surface area contributed by atoms with Crippen molar-refractivity contribution >= 4 is 33.2 Å². The van der Waals surface area contributed by atoms with Gasteiger partial charge in [-0.05, 0) is 56.7 Å². The lowest BCUT2D eigenvalue weighted by Crippen LogP contribution is -2.56. The van der Waals surface area contributed by atoms with E-state index in [9.17, 15) is 28.1 Å². The lowest BCUT2D eigenvalue weighted by atomic mass is 10.0. The maximum atomic E-state index is 15.0. The lowest BCUT2D eigenvalue weighted by Gasteiger charge is -2.35. The highest BCUT2D eigenvalue weighted by molar-refractivity contribution is 7.92. The van der Waals surface area contributed by atoms with Crippen molar-refractivity contribution in [2.45, 2.75) is 50.2 Å². The molecule has 0 spiro atoms. The van der Waals surface area contributed by atoms with Gasteiger partial charge >= 0.3 is 0 Å². The highest BCUT2D eigenvalue weighted by Crippen LogP contribution is 2.27. The number of carbonyl (C=O) groups excluding carboxylic acids is 2. The van der Waals surface area contributed by atoms with Gasteiger partial charge in [0.1, 0.15) is 18.4 Å². The molecule has 0 radical (unpaired) electrons. The van der Waals surface area contributed by atoms with Crippen LogP contribution in [0.5, 0.6) is 0 Å². The third-order valence-electron chi connectivity index (χ3n) is 7.03. The van der Waals surface area contributed by atoms with Crippen molar-refractivity contribution in [1.82, 2.24) is 10.2 Å². The van der Waals surface area contributed by atoms with E-state index in [2.05, 4.69) is 5.32 Å². The molecule has 0 heterocycles. The van der Waals surface area contributed by atoms with Crippen LogP contribution >= 0.6 is 0 Å². The maximum Gasteiger partial charge on any atom is 0.269 e. The SMILES string of the molecule is CC(C)(C)NC(=O)[C@@H](Cc1ccccc1)N(Cc1ccccc1F)C(=O)CN(c1ccc([N+](=O)[O-])cc1)S(=O)(=O)c1ccccc1. The fraction of sp³-hybridized carbons (Fsp3) is 0.235. The number of nitrogens with one attached hydrogen (secondary N) is 1. The average Bonchev–Trinajstić information content (AvgIpc) is 3.02. The standard InChI is InChI=1S/C34H35FN4O6S/c1-34(2,3)36-33(41)31(22-25-12-6-4-7-13-25)37(23-26-14-10-11-17-30(26)35)32(40)24-38(27-18-20-28(21-19-27)39(42)43)46(44,45)29-15-8-5-9-16-29/h4-21,31H,22-24H2,1-3H3,(H,36,41)/t31-/m1/s1. The van der Waals surface area contributed by atoms with Crippen molar-refractivity contribution in [2.75, 3.05) is 10.8 Å². The molecule has 0 aliphatic heterocycles. The molecule has 0 saturated heterocycles. The molecule has 2 amide bonds. The number of nitro groups is 1. The zero-order chi connectivity index (χ0) is 33.5. The Labute approximate surface area is 267 Å². The molecule has 0 fully saturated rings. The number of nitro benzene ring substituents is 1. The van der Waals surface area contributed by atoms with Crippen LogP contribution in [0.4, 0.5) is 15.8 Å². The molecule has 0 aliphatic rings. The van der Waals surface area contributed by atoms with Crippen LogP contribution in [0.25, 0.3) is 0 Å². The minimum Gasteiger partial charge on any atom is -0.350 e. The first-order valence-corrected chi connectivity index (χ1v) is 15.9.